The molecule has 2 rings (SSSR count). The van der Waals surface area contributed by atoms with Crippen molar-refractivity contribution in [3.8, 4) is 0 Å². The molecule has 1 aliphatic rings. The highest BCUT2D eigenvalue weighted by Gasteiger charge is 2.23. The molecular weight excluding hydrogens is 356 g/mol. The lowest BCUT2D eigenvalue weighted by molar-refractivity contribution is -0.124. The van der Waals surface area contributed by atoms with E-state index >= 15 is 0 Å². The van der Waals surface area contributed by atoms with Gasteiger partial charge in [0.25, 0.3) is 0 Å². The van der Waals surface area contributed by atoms with Crippen molar-refractivity contribution in [3.05, 3.63) is 24.3 Å². The molecule has 7 nitrogen and oxygen atoms in total. The average molecular weight is 389 g/mol. The van der Waals surface area contributed by atoms with E-state index in [1.54, 1.807) is 24.3 Å². The number of rotatable bonds is 8. The minimum absolute atomic E-state index is 0.0203. The lowest BCUT2D eigenvalue weighted by atomic mass is 9.86. The summed E-state index contributed by atoms with van der Waals surface area (Å²) in [6, 6.07) is 7.17. The summed E-state index contributed by atoms with van der Waals surface area (Å²) in [7, 11) is 0. The number of likely N-dealkylation sites (N-methyl/N-ethyl adjacent to an activating group) is 1. The van der Waals surface area contributed by atoms with Crippen molar-refractivity contribution in [2.45, 2.75) is 52.5 Å². The van der Waals surface area contributed by atoms with Gasteiger partial charge in [0.1, 0.15) is 0 Å². The molecule has 0 heterocycles. The Morgan fingerprint density at radius 2 is 1.54 bits per heavy atom. The monoisotopic (exact) mass is 388 g/mol. The van der Waals surface area contributed by atoms with E-state index in [2.05, 4.69) is 22.9 Å². The fourth-order valence-corrected chi connectivity index (χ4v) is 3.51. The summed E-state index contributed by atoms with van der Waals surface area (Å²) in [5, 5.41) is 8.64. The molecule has 0 aromatic heterocycles. The summed E-state index contributed by atoms with van der Waals surface area (Å²) in [6.45, 7) is 6.55. The Balaban J connectivity index is 1.80. The van der Waals surface area contributed by atoms with Gasteiger partial charge in [-0.3, -0.25) is 19.3 Å². The third kappa shape index (κ3) is 7.31. The molecule has 1 aromatic carbocycles. The number of carbonyl (C=O) groups excluding carboxylic acids is 3. The number of carbonyl (C=O) groups is 3. The Labute approximate surface area is 167 Å². The molecule has 2 unspecified atom stereocenters. The van der Waals surface area contributed by atoms with Crippen LogP contribution in [0.15, 0.2) is 24.3 Å². The summed E-state index contributed by atoms with van der Waals surface area (Å²) >= 11 is 0. The zero-order valence-electron chi connectivity index (χ0n) is 17.1. The van der Waals surface area contributed by atoms with Crippen LogP contribution in [0.5, 0.6) is 0 Å². The fraction of sp³-hybridized carbons (Fsp3) is 0.571. The second kappa shape index (κ2) is 10.8. The Kier molecular flexibility index (Phi) is 8.44. The van der Waals surface area contributed by atoms with E-state index in [1.807, 2.05) is 11.8 Å². The Morgan fingerprint density at radius 3 is 2.11 bits per heavy atom. The number of hydrogen-bond donors (Lipinski definition) is 3. The smallest absolute Gasteiger partial charge is 0.238 e. The van der Waals surface area contributed by atoms with E-state index in [9.17, 15) is 14.4 Å². The lowest BCUT2D eigenvalue weighted by Crippen LogP contribution is -2.47. The number of nitrogens with one attached hydrogen (secondary N) is 3. The molecule has 0 spiro atoms. The average Bonchev–Trinajstić information content (AvgIpc) is 2.64. The van der Waals surface area contributed by atoms with Gasteiger partial charge in [-0.1, -0.05) is 26.7 Å². The third-order valence-electron chi connectivity index (χ3n) is 5.13. The SMILES string of the molecule is CCN(CC(=O)Nc1ccc(NC(C)=O)cc1)CC(=O)NC1CCCCC1C. The highest BCUT2D eigenvalue weighted by Crippen LogP contribution is 2.23. The van der Waals surface area contributed by atoms with Crippen LogP contribution in [0, 0.1) is 5.92 Å². The van der Waals surface area contributed by atoms with Crippen LogP contribution in [0.3, 0.4) is 0 Å². The van der Waals surface area contributed by atoms with Gasteiger partial charge in [-0.2, -0.15) is 0 Å². The van der Waals surface area contributed by atoms with Crippen molar-refractivity contribution < 1.29 is 14.4 Å². The topological polar surface area (TPSA) is 90.5 Å². The quantitative estimate of drug-likeness (QED) is 0.638. The molecule has 3 amide bonds. The maximum absolute atomic E-state index is 12.4. The summed E-state index contributed by atoms with van der Waals surface area (Å²) < 4.78 is 0. The maximum Gasteiger partial charge on any atom is 0.238 e. The van der Waals surface area contributed by atoms with Gasteiger partial charge in [0.2, 0.25) is 17.7 Å². The van der Waals surface area contributed by atoms with E-state index < -0.39 is 0 Å². The van der Waals surface area contributed by atoms with Gasteiger partial charge in [0.15, 0.2) is 0 Å². The molecule has 7 heteroatoms. The number of hydrogen-bond acceptors (Lipinski definition) is 4. The van der Waals surface area contributed by atoms with Crippen molar-refractivity contribution in [1.29, 1.82) is 0 Å². The second-order valence-corrected chi connectivity index (χ2v) is 7.55. The molecule has 1 aliphatic carbocycles. The number of amides is 3. The standard InChI is InChI=1S/C21H32N4O3/c1-4-25(14-21(28)24-19-8-6-5-7-15(19)2)13-20(27)23-18-11-9-17(10-12-18)22-16(3)26/h9-12,15,19H,4-8,13-14H2,1-3H3,(H,22,26)(H,23,27)(H,24,28). The first-order valence-corrected chi connectivity index (χ1v) is 10.1. The van der Waals surface area contributed by atoms with Crippen LogP contribution in [-0.4, -0.2) is 48.3 Å². The van der Waals surface area contributed by atoms with Gasteiger partial charge in [-0.05, 0) is 49.6 Å². The fourth-order valence-electron chi connectivity index (χ4n) is 3.51. The zero-order chi connectivity index (χ0) is 20.5. The van der Waals surface area contributed by atoms with E-state index in [0.717, 1.165) is 19.3 Å². The van der Waals surface area contributed by atoms with Crippen molar-refractivity contribution in [1.82, 2.24) is 10.2 Å². The van der Waals surface area contributed by atoms with Crippen molar-refractivity contribution >= 4 is 29.1 Å². The minimum Gasteiger partial charge on any atom is -0.352 e. The van der Waals surface area contributed by atoms with Crippen molar-refractivity contribution in [3.63, 3.8) is 0 Å². The lowest BCUT2D eigenvalue weighted by Gasteiger charge is -2.30. The number of anilines is 2. The van der Waals surface area contributed by atoms with Crippen LogP contribution in [-0.2, 0) is 14.4 Å². The molecule has 3 N–H and O–H groups in total. The molecule has 0 saturated heterocycles. The van der Waals surface area contributed by atoms with Gasteiger partial charge in [0.05, 0.1) is 13.1 Å². The van der Waals surface area contributed by atoms with Crippen molar-refractivity contribution in [2.24, 2.45) is 5.92 Å². The predicted molar refractivity (Wildman–Crippen MR) is 111 cm³/mol. The third-order valence-corrected chi connectivity index (χ3v) is 5.13. The van der Waals surface area contributed by atoms with E-state index in [0.29, 0.717) is 23.8 Å². The van der Waals surface area contributed by atoms with E-state index in [-0.39, 0.29) is 36.9 Å². The molecular formula is C21H32N4O3. The molecule has 1 aromatic rings. The van der Waals surface area contributed by atoms with Gasteiger partial charge < -0.3 is 16.0 Å². The van der Waals surface area contributed by atoms with E-state index in [4.69, 9.17) is 0 Å². The zero-order valence-corrected chi connectivity index (χ0v) is 17.1. The van der Waals surface area contributed by atoms with Crippen LogP contribution >= 0.6 is 0 Å². The van der Waals surface area contributed by atoms with Crippen molar-refractivity contribution in [2.75, 3.05) is 30.3 Å². The Bertz CT molecular complexity index is 675. The summed E-state index contributed by atoms with van der Waals surface area (Å²) in [5.41, 5.74) is 1.32. The second-order valence-electron chi connectivity index (χ2n) is 7.55. The Hall–Kier alpha value is -2.41. The minimum atomic E-state index is -0.173. The summed E-state index contributed by atoms with van der Waals surface area (Å²) in [4.78, 5) is 37.6. The molecule has 0 bridgehead atoms. The predicted octanol–water partition coefficient (Wildman–Crippen LogP) is 2.60. The highest BCUT2D eigenvalue weighted by atomic mass is 16.2. The van der Waals surface area contributed by atoms with Gasteiger partial charge in [-0.25, -0.2) is 0 Å². The molecule has 0 aliphatic heterocycles. The normalized spacial score (nSPS) is 19.1. The molecule has 28 heavy (non-hydrogen) atoms. The molecule has 154 valence electrons. The highest BCUT2D eigenvalue weighted by molar-refractivity contribution is 5.93. The van der Waals surface area contributed by atoms with Crippen LogP contribution in [0.4, 0.5) is 11.4 Å². The molecule has 1 fully saturated rings. The molecule has 2 atom stereocenters. The summed E-state index contributed by atoms with van der Waals surface area (Å²) in [5.74, 6) is 0.175. The molecule has 0 radical (unpaired) electrons. The first-order valence-electron chi connectivity index (χ1n) is 10.1. The largest absolute Gasteiger partial charge is 0.352 e. The van der Waals surface area contributed by atoms with Crippen LogP contribution in [0.1, 0.15) is 46.5 Å². The first kappa shape index (κ1) is 21.9. The van der Waals surface area contributed by atoms with Crippen LogP contribution < -0.4 is 16.0 Å². The summed E-state index contributed by atoms with van der Waals surface area (Å²) in [6.07, 6.45) is 4.59. The maximum atomic E-state index is 12.4. The van der Waals surface area contributed by atoms with Gasteiger partial charge in [0, 0.05) is 24.3 Å². The first-order chi connectivity index (χ1) is 13.4. The Morgan fingerprint density at radius 1 is 0.964 bits per heavy atom. The van der Waals surface area contributed by atoms with Gasteiger partial charge >= 0.3 is 0 Å². The van der Waals surface area contributed by atoms with Gasteiger partial charge in [-0.15, -0.1) is 0 Å². The van der Waals surface area contributed by atoms with E-state index in [1.165, 1.54) is 13.3 Å². The number of nitrogens with zero attached hydrogens (tertiary/aromatic N) is 1. The van der Waals surface area contributed by atoms with Crippen LogP contribution in [0.25, 0.3) is 0 Å². The number of benzene rings is 1. The van der Waals surface area contributed by atoms with Crippen LogP contribution in [0.2, 0.25) is 0 Å². The molecule has 1 saturated carbocycles.